The summed E-state index contributed by atoms with van der Waals surface area (Å²) >= 11 is 0. The lowest BCUT2D eigenvalue weighted by atomic mass is 9.94. The van der Waals surface area contributed by atoms with Crippen LogP contribution in [-0.2, 0) is 16.0 Å². The van der Waals surface area contributed by atoms with Crippen LogP contribution in [0.5, 0.6) is 5.75 Å². The molecule has 1 aromatic rings. The molecule has 1 aliphatic rings. The molecule has 0 amide bonds. The molecule has 0 unspecified atom stereocenters. The Morgan fingerprint density at radius 3 is 2.46 bits per heavy atom. The summed E-state index contributed by atoms with van der Waals surface area (Å²) in [7, 11) is 5.62. The first kappa shape index (κ1) is 23.0. The maximum absolute atomic E-state index is 5.78. The zero-order chi connectivity index (χ0) is 18.1. The number of nitrogens with zero attached hydrogens (tertiary/aromatic N) is 2. The quantitative estimate of drug-likeness (QED) is 0.372. The van der Waals surface area contributed by atoms with Crippen molar-refractivity contribution in [2.24, 2.45) is 4.99 Å². The fourth-order valence-corrected chi connectivity index (χ4v) is 3.03. The van der Waals surface area contributed by atoms with E-state index in [0.717, 1.165) is 50.9 Å². The number of nitrogens with one attached hydrogen (secondary N) is 1. The van der Waals surface area contributed by atoms with Gasteiger partial charge in [0.2, 0.25) is 0 Å². The average molecular weight is 477 g/mol. The number of hydrogen-bond donors (Lipinski definition) is 1. The van der Waals surface area contributed by atoms with Crippen LogP contribution < -0.4 is 10.1 Å². The van der Waals surface area contributed by atoms with Gasteiger partial charge in [-0.15, -0.1) is 24.0 Å². The van der Waals surface area contributed by atoms with E-state index in [4.69, 9.17) is 14.2 Å². The summed E-state index contributed by atoms with van der Waals surface area (Å²) in [6, 6.07) is 8.18. The van der Waals surface area contributed by atoms with Crippen molar-refractivity contribution < 1.29 is 14.2 Å². The SMILES string of the molecule is CCOc1ccc(CN(C)C(=NC)NCC2(OC)CCOCC2)cc1.I. The molecule has 0 radical (unpaired) electrons. The zero-order valence-electron chi connectivity index (χ0n) is 16.3. The zero-order valence-corrected chi connectivity index (χ0v) is 18.6. The van der Waals surface area contributed by atoms with Gasteiger partial charge in [0.25, 0.3) is 0 Å². The highest BCUT2D eigenvalue weighted by molar-refractivity contribution is 14.0. The van der Waals surface area contributed by atoms with Crippen molar-refractivity contribution in [1.82, 2.24) is 10.2 Å². The third-order valence-corrected chi connectivity index (χ3v) is 4.63. The van der Waals surface area contributed by atoms with Crippen LogP contribution in [0.4, 0.5) is 0 Å². The minimum atomic E-state index is -0.172. The van der Waals surface area contributed by atoms with Gasteiger partial charge in [-0.1, -0.05) is 12.1 Å². The second-order valence-corrected chi connectivity index (χ2v) is 6.33. The fraction of sp³-hybridized carbons (Fsp3) is 0.632. The molecular weight excluding hydrogens is 445 g/mol. The van der Waals surface area contributed by atoms with E-state index < -0.39 is 0 Å². The molecule has 26 heavy (non-hydrogen) atoms. The highest BCUT2D eigenvalue weighted by atomic mass is 127. The monoisotopic (exact) mass is 477 g/mol. The van der Waals surface area contributed by atoms with Crippen molar-refractivity contribution in [3.05, 3.63) is 29.8 Å². The van der Waals surface area contributed by atoms with E-state index in [1.165, 1.54) is 5.56 Å². The molecule has 1 fully saturated rings. The van der Waals surface area contributed by atoms with Gasteiger partial charge in [0.15, 0.2) is 5.96 Å². The van der Waals surface area contributed by atoms with E-state index in [0.29, 0.717) is 6.61 Å². The molecule has 6 nitrogen and oxygen atoms in total. The number of ether oxygens (including phenoxy) is 3. The van der Waals surface area contributed by atoms with Gasteiger partial charge in [-0.05, 0) is 24.6 Å². The number of rotatable bonds is 7. The summed E-state index contributed by atoms with van der Waals surface area (Å²) in [5.74, 6) is 1.76. The minimum absolute atomic E-state index is 0. The van der Waals surface area contributed by atoms with Crippen LogP contribution in [0.1, 0.15) is 25.3 Å². The first-order valence-electron chi connectivity index (χ1n) is 8.89. The van der Waals surface area contributed by atoms with E-state index in [-0.39, 0.29) is 29.6 Å². The molecule has 0 spiro atoms. The third kappa shape index (κ3) is 6.59. The number of benzene rings is 1. The summed E-state index contributed by atoms with van der Waals surface area (Å²) in [5.41, 5.74) is 1.04. The molecule has 2 rings (SSSR count). The molecule has 1 heterocycles. The first-order valence-corrected chi connectivity index (χ1v) is 8.89. The van der Waals surface area contributed by atoms with E-state index in [9.17, 15) is 0 Å². The van der Waals surface area contributed by atoms with Gasteiger partial charge in [0.1, 0.15) is 5.75 Å². The Morgan fingerprint density at radius 1 is 1.27 bits per heavy atom. The molecule has 7 heteroatoms. The van der Waals surface area contributed by atoms with Crippen molar-refractivity contribution in [2.45, 2.75) is 31.9 Å². The van der Waals surface area contributed by atoms with Crippen molar-refractivity contribution >= 4 is 29.9 Å². The maximum atomic E-state index is 5.78. The highest BCUT2D eigenvalue weighted by Crippen LogP contribution is 2.23. The van der Waals surface area contributed by atoms with Gasteiger partial charge in [-0.3, -0.25) is 4.99 Å². The molecule has 0 aliphatic carbocycles. The Bertz CT molecular complexity index is 545. The largest absolute Gasteiger partial charge is 0.494 e. The van der Waals surface area contributed by atoms with Crippen molar-refractivity contribution in [3.63, 3.8) is 0 Å². The molecule has 1 N–H and O–H groups in total. The molecule has 148 valence electrons. The van der Waals surface area contributed by atoms with Crippen LogP contribution >= 0.6 is 24.0 Å². The standard InChI is InChI=1S/C19H31N3O3.HI/c1-5-25-17-8-6-16(7-9-17)14-22(3)18(20-2)21-15-19(23-4)10-12-24-13-11-19;/h6-9H,5,10-15H2,1-4H3,(H,20,21);1H. The molecule has 1 aliphatic heterocycles. The predicted octanol–water partition coefficient (Wildman–Crippen LogP) is 2.91. The Balaban J connectivity index is 0.00000338. The smallest absolute Gasteiger partial charge is 0.193 e. The molecule has 0 saturated carbocycles. The van der Waals surface area contributed by atoms with Gasteiger partial charge < -0.3 is 24.4 Å². The fourth-order valence-electron chi connectivity index (χ4n) is 3.03. The summed E-state index contributed by atoms with van der Waals surface area (Å²) in [6.07, 6.45) is 1.80. The van der Waals surface area contributed by atoms with Crippen LogP contribution in [0.2, 0.25) is 0 Å². The number of aliphatic imine (C=N–C) groups is 1. The second kappa shape index (κ2) is 11.6. The van der Waals surface area contributed by atoms with Crippen LogP contribution in [0.3, 0.4) is 0 Å². The van der Waals surface area contributed by atoms with Crippen LogP contribution in [-0.4, -0.2) is 64.0 Å². The van der Waals surface area contributed by atoms with Crippen LogP contribution in [0.15, 0.2) is 29.3 Å². The van der Waals surface area contributed by atoms with Gasteiger partial charge >= 0.3 is 0 Å². The molecule has 0 aromatic heterocycles. The molecule has 0 bridgehead atoms. The van der Waals surface area contributed by atoms with E-state index in [1.807, 2.05) is 26.1 Å². The summed E-state index contributed by atoms with van der Waals surface area (Å²) in [4.78, 5) is 6.51. The van der Waals surface area contributed by atoms with Gasteiger partial charge in [-0.25, -0.2) is 0 Å². The lowest BCUT2D eigenvalue weighted by Gasteiger charge is -2.37. The Morgan fingerprint density at radius 2 is 1.92 bits per heavy atom. The highest BCUT2D eigenvalue weighted by Gasteiger charge is 2.32. The summed E-state index contributed by atoms with van der Waals surface area (Å²) in [5, 5.41) is 3.45. The molecule has 0 atom stereocenters. The molecule has 1 saturated heterocycles. The first-order chi connectivity index (χ1) is 12.1. The summed E-state index contributed by atoms with van der Waals surface area (Å²) in [6.45, 7) is 5.67. The topological polar surface area (TPSA) is 55.3 Å². The molecular formula is C19H32IN3O3. The lowest BCUT2D eigenvalue weighted by molar-refractivity contribution is -0.0857. The van der Waals surface area contributed by atoms with E-state index in [1.54, 1.807) is 14.2 Å². The van der Waals surface area contributed by atoms with Crippen molar-refractivity contribution in [2.75, 3.05) is 47.6 Å². The predicted molar refractivity (Wildman–Crippen MR) is 116 cm³/mol. The normalized spacial score (nSPS) is 16.5. The van der Waals surface area contributed by atoms with Crippen LogP contribution in [0, 0.1) is 0 Å². The lowest BCUT2D eigenvalue weighted by Crippen LogP contribution is -2.50. The van der Waals surface area contributed by atoms with Gasteiger partial charge in [0.05, 0.1) is 12.2 Å². The van der Waals surface area contributed by atoms with Crippen molar-refractivity contribution in [3.8, 4) is 5.75 Å². The summed E-state index contributed by atoms with van der Waals surface area (Å²) < 4.78 is 16.7. The van der Waals surface area contributed by atoms with E-state index >= 15 is 0 Å². The Kier molecular flexibility index (Phi) is 10.3. The number of halogens is 1. The second-order valence-electron chi connectivity index (χ2n) is 6.33. The number of hydrogen-bond acceptors (Lipinski definition) is 4. The average Bonchev–Trinajstić information content (AvgIpc) is 2.65. The van der Waals surface area contributed by atoms with Crippen LogP contribution in [0.25, 0.3) is 0 Å². The Hall–Kier alpha value is -1.06. The van der Waals surface area contributed by atoms with Gasteiger partial charge in [0, 0.05) is 60.4 Å². The molecule has 1 aromatic carbocycles. The Labute approximate surface area is 174 Å². The van der Waals surface area contributed by atoms with Gasteiger partial charge in [-0.2, -0.15) is 0 Å². The van der Waals surface area contributed by atoms with E-state index in [2.05, 4.69) is 27.3 Å². The van der Waals surface area contributed by atoms with Crippen molar-refractivity contribution in [1.29, 1.82) is 0 Å². The third-order valence-electron chi connectivity index (χ3n) is 4.63. The number of methoxy groups -OCH3 is 1. The minimum Gasteiger partial charge on any atom is -0.494 e. The number of guanidine groups is 1. The maximum Gasteiger partial charge on any atom is 0.193 e.